The molecule has 2 rings (SSSR count). The summed E-state index contributed by atoms with van der Waals surface area (Å²) in [5.74, 6) is -0.682. The number of nitrogens with two attached hydrogens (primary N) is 1. The third kappa shape index (κ3) is 4.30. The quantitative estimate of drug-likeness (QED) is 0.822. The van der Waals surface area contributed by atoms with Crippen LogP contribution in [-0.2, 0) is 11.3 Å². The van der Waals surface area contributed by atoms with Crippen LogP contribution in [0.1, 0.15) is 28.9 Å². The number of amides is 2. The minimum Gasteiger partial charge on any atom is -0.365 e. The van der Waals surface area contributed by atoms with E-state index in [4.69, 9.17) is 17.3 Å². The lowest BCUT2D eigenvalue weighted by molar-refractivity contribution is -0.684. The molecule has 0 unspecified atom stereocenters. The van der Waals surface area contributed by atoms with Crippen LogP contribution in [0.2, 0.25) is 5.02 Å². The van der Waals surface area contributed by atoms with Crippen LogP contribution in [0, 0.1) is 0 Å². The molecule has 0 bridgehead atoms. The average Bonchev–Trinajstić information content (AvgIpc) is 2.47. The fourth-order valence-electron chi connectivity index (χ4n) is 2.05. The summed E-state index contributed by atoms with van der Waals surface area (Å²) in [6, 6.07) is 10.4. The molecule has 114 valence electrons. The van der Waals surface area contributed by atoms with Crippen LogP contribution >= 0.6 is 11.6 Å². The van der Waals surface area contributed by atoms with Gasteiger partial charge in [0.1, 0.15) is 5.56 Å². The van der Waals surface area contributed by atoms with Gasteiger partial charge >= 0.3 is 0 Å². The van der Waals surface area contributed by atoms with Gasteiger partial charge in [-0.1, -0.05) is 23.7 Å². The molecule has 1 aromatic carbocycles. The average molecular weight is 319 g/mol. The van der Waals surface area contributed by atoms with Crippen LogP contribution in [0.4, 0.5) is 0 Å². The number of rotatable bonds is 5. The van der Waals surface area contributed by atoms with Gasteiger partial charge < -0.3 is 11.1 Å². The van der Waals surface area contributed by atoms with Crippen molar-refractivity contribution in [3.05, 3.63) is 64.9 Å². The number of hydrogen-bond acceptors (Lipinski definition) is 2. The number of primary amides is 1. The van der Waals surface area contributed by atoms with Crippen molar-refractivity contribution < 1.29 is 14.2 Å². The highest BCUT2D eigenvalue weighted by molar-refractivity contribution is 6.30. The van der Waals surface area contributed by atoms with E-state index >= 15 is 0 Å². The predicted molar refractivity (Wildman–Crippen MR) is 83.2 cm³/mol. The Kier molecular flexibility index (Phi) is 5.12. The smallest absolute Gasteiger partial charge is 0.286 e. The van der Waals surface area contributed by atoms with Gasteiger partial charge in [-0.25, -0.2) is 0 Å². The van der Waals surface area contributed by atoms with Gasteiger partial charge in [-0.15, -0.1) is 0 Å². The third-order valence-electron chi connectivity index (χ3n) is 3.22. The Morgan fingerprint density at radius 3 is 2.59 bits per heavy atom. The highest BCUT2D eigenvalue weighted by atomic mass is 35.5. The van der Waals surface area contributed by atoms with E-state index < -0.39 is 5.91 Å². The van der Waals surface area contributed by atoms with Crippen LogP contribution in [0.5, 0.6) is 0 Å². The molecular weight excluding hydrogens is 302 g/mol. The van der Waals surface area contributed by atoms with Gasteiger partial charge in [-0.2, -0.15) is 4.57 Å². The molecule has 0 fully saturated rings. The number of hydrogen-bond donors (Lipinski definition) is 2. The van der Waals surface area contributed by atoms with Crippen molar-refractivity contribution in [1.29, 1.82) is 0 Å². The summed E-state index contributed by atoms with van der Waals surface area (Å²) < 4.78 is 1.62. The van der Waals surface area contributed by atoms with Gasteiger partial charge in [0.25, 0.3) is 11.8 Å². The van der Waals surface area contributed by atoms with E-state index in [1.165, 1.54) is 0 Å². The molecule has 22 heavy (non-hydrogen) atoms. The first-order chi connectivity index (χ1) is 10.5. The highest BCUT2D eigenvalue weighted by Crippen LogP contribution is 2.15. The normalized spacial score (nSPS) is 11.7. The zero-order valence-corrected chi connectivity index (χ0v) is 12.9. The van der Waals surface area contributed by atoms with Gasteiger partial charge in [0.05, 0.1) is 6.04 Å². The zero-order chi connectivity index (χ0) is 16.1. The summed E-state index contributed by atoms with van der Waals surface area (Å²) in [5, 5.41) is 3.55. The topological polar surface area (TPSA) is 76.1 Å². The maximum atomic E-state index is 12.1. The Hall–Kier alpha value is -2.40. The molecule has 5 nitrogen and oxygen atoms in total. The van der Waals surface area contributed by atoms with Crippen LogP contribution in [-0.4, -0.2) is 11.8 Å². The molecule has 0 aliphatic heterocycles. The summed E-state index contributed by atoms with van der Waals surface area (Å²) in [4.78, 5) is 23.2. The lowest BCUT2D eigenvalue weighted by atomic mass is 10.1. The number of carbonyl (C=O) groups is 2. The number of pyridine rings is 1. The number of halogens is 1. The zero-order valence-electron chi connectivity index (χ0n) is 12.1. The Bertz CT molecular complexity index is 686. The van der Waals surface area contributed by atoms with Crippen molar-refractivity contribution in [2.75, 3.05) is 0 Å². The largest absolute Gasteiger partial charge is 0.365 e. The minimum atomic E-state index is -0.524. The second-order valence-corrected chi connectivity index (χ2v) is 5.41. The molecule has 2 aromatic rings. The second kappa shape index (κ2) is 7.04. The van der Waals surface area contributed by atoms with E-state index in [1.54, 1.807) is 41.2 Å². The number of aromatic nitrogens is 1. The minimum absolute atomic E-state index is 0.110. The number of nitrogens with zero attached hydrogens (tertiary/aromatic N) is 1. The Labute approximate surface area is 133 Å². The first kappa shape index (κ1) is 16.0. The summed E-state index contributed by atoms with van der Waals surface area (Å²) in [5.41, 5.74) is 6.55. The van der Waals surface area contributed by atoms with Gasteiger partial charge in [0.15, 0.2) is 12.4 Å². The molecule has 2 amide bonds. The second-order valence-electron chi connectivity index (χ2n) is 4.97. The van der Waals surface area contributed by atoms with Gasteiger partial charge in [0, 0.05) is 11.1 Å². The van der Waals surface area contributed by atoms with Gasteiger partial charge in [-0.05, 0) is 30.7 Å². The highest BCUT2D eigenvalue weighted by Gasteiger charge is 2.15. The number of nitrogens with one attached hydrogen (secondary N) is 1. The van der Waals surface area contributed by atoms with Crippen molar-refractivity contribution in [2.24, 2.45) is 5.73 Å². The van der Waals surface area contributed by atoms with Crippen LogP contribution in [0.3, 0.4) is 0 Å². The SMILES string of the molecule is C[C@@H](NC(=O)C[n+]1cccc(C(N)=O)c1)c1ccc(Cl)cc1. The van der Waals surface area contributed by atoms with Crippen LogP contribution in [0.25, 0.3) is 0 Å². The summed E-state index contributed by atoms with van der Waals surface area (Å²) >= 11 is 5.84. The standard InChI is InChI=1S/C16H16ClN3O2/c1-11(12-4-6-14(17)7-5-12)19-15(21)10-20-8-2-3-13(9-20)16(18)22/h2-9,11H,10H2,1H3,(H2-,18,19,21,22)/p+1/t11-/m1/s1. The number of carbonyl (C=O) groups excluding carboxylic acids is 2. The monoisotopic (exact) mass is 318 g/mol. The van der Waals surface area contributed by atoms with E-state index in [0.717, 1.165) is 5.56 Å². The van der Waals surface area contributed by atoms with E-state index in [0.29, 0.717) is 10.6 Å². The molecule has 3 N–H and O–H groups in total. The third-order valence-corrected chi connectivity index (χ3v) is 3.47. The Morgan fingerprint density at radius 2 is 1.95 bits per heavy atom. The van der Waals surface area contributed by atoms with E-state index in [2.05, 4.69) is 5.32 Å². The van der Waals surface area contributed by atoms with Crippen LogP contribution < -0.4 is 15.6 Å². The molecule has 0 saturated carbocycles. The molecule has 1 atom stereocenters. The van der Waals surface area contributed by atoms with E-state index in [-0.39, 0.29) is 18.5 Å². The van der Waals surface area contributed by atoms with E-state index in [9.17, 15) is 9.59 Å². The molecule has 1 heterocycles. The Balaban J connectivity index is 1.99. The maximum Gasteiger partial charge on any atom is 0.286 e. The first-order valence-corrected chi connectivity index (χ1v) is 7.17. The molecular formula is C16H17ClN3O2+. The summed E-state index contributed by atoms with van der Waals surface area (Å²) in [6.45, 7) is 2.00. The van der Waals surface area contributed by atoms with Gasteiger partial charge in [0.2, 0.25) is 6.54 Å². The van der Waals surface area contributed by atoms with Crippen molar-refractivity contribution in [3.63, 3.8) is 0 Å². The Morgan fingerprint density at radius 1 is 1.27 bits per heavy atom. The fraction of sp³-hybridized carbons (Fsp3) is 0.188. The van der Waals surface area contributed by atoms with Crippen molar-refractivity contribution in [3.8, 4) is 0 Å². The lowest BCUT2D eigenvalue weighted by Crippen LogP contribution is -2.43. The fourth-order valence-corrected chi connectivity index (χ4v) is 2.18. The molecule has 1 aromatic heterocycles. The maximum absolute atomic E-state index is 12.1. The predicted octanol–water partition coefficient (Wildman–Crippen LogP) is 1.60. The number of benzene rings is 1. The molecule has 0 radical (unpaired) electrons. The lowest BCUT2D eigenvalue weighted by Gasteiger charge is -2.13. The van der Waals surface area contributed by atoms with Crippen molar-refractivity contribution >= 4 is 23.4 Å². The molecule has 0 spiro atoms. The summed E-state index contributed by atoms with van der Waals surface area (Å²) in [6.07, 6.45) is 3.26. The van der Waals surface area contributed by atoms with Crippen molar-refractivity contribution in [2.45, 2.75) is 19.5 Å². The molecule has 0 aliphatic rings. The summed E-state index contributed by atoms with van der Waals surface area (Å²) in [7, 11) is 0. The van der Waals surface area contributed by atoms with Crippen molar-refractivity contribution in [1.82, 2.24) is 5.32 Å². The first-order valence-electron chi connectivity index (χ1n) is 6.79. The van der Waals surface area contributed by atoms with Crippen LogP contribution in [0.15, 0.2) is 48.8 Å². The molecule has 0 aliphatic carbocycles. The van der Waals surface area contributed by atoms with E-state index in [1.807, 2.05) is 19.1 Å². The molecule has 6 heteroatoms. The van der Waals surface area contributed by atoms with Gasteiger partial charge in [-0.3, -0.25) is 9.59 Å². The molecule has 0 saturated heterocycles.